The lowest BCUT2D eigenvalue weighted by molar-refractivity contribution is -0.122. The SMILES string of the molecule is COCC(COC)N1CCc2cc(Nc3ncc(Cl)c(N[C@H]4[C@@H](C(N)=O)[C@@H]5C=C[C@H]4C5)n3)c(OC)cc2CC1. The number of amides is 1. The maximum atomic E-state index is 12.2. The van der Waals surface area contributed by atoms with Gasteiger partial charge in [-0.05, 0) is 54.4 Å². The second-order valence-electron chi connectivity index (χ2n) is 10.5. The van der Waals surface area contributed by atoms with Gasteiger partial charge in [0, 0.05) is 33.4 Å². The van der Waals surface area contributed by atoms with Crippen molar-refractivity contribution in [2.24, 2.45) is 23.5 Å². The first-order valence-corrected chi connectivity index (χ1v) is 13.7. The maximum absolute atomic E-state index is 12.2. The van der Waals surface area contributed by atoms with Crippen molar-refractivity contribution in [2.75, 3.05) is 58.3 Å². The third kappa shape index (κ3) is 5.84. The lowest BCUT2D eigenvalue weighted by Crippen LogP contribution is -2.43. The number of allylic oxidation sites excluding steroid dienone is 1. The molecule has 0 spiro atoms. The van der Waals surface area contributed by atoms with Crippen LogP contribution in [0.1, 0.15) is 17.5 Å². The number of hydrogen-bond donors (Lipinski definition) is 3. The fourth-order valence-corrected chi connectivity index (χ4v) is 6.41. The summed E-state index contributed by atoms with van der Waals surface area (Å²) in [5.74, 6) is 1.33. The minimum atomic E-state index is -0.308. The number of primary amides is 1. The molecule has 0 unspecified atom stereocenters. The van der Waals surface area contributed by atoms with Gasteiger partial charge in [0.1, 0.15) is 10.8 Å². The van der Waals surface area contributed by atoms with E-state index in [1.54, 1.807) is 27.5 Å². The van der Waals surface area contributed by atoms with Gasteiger partial charge in [0.25, 0.3) is 0 Å². The molecule has 1 fully saturated rings. The van der Waals surface area contributed by atoms with Crippen LogP contribution in [0.4, 0.5) is 17.5 Å². The number of methoxy groups -OCH3 is 3. The Balaban J connectivity index is 1.34. The molecule has 1 amide bonds. The lowest BCUT2D eigenvalue weighted by Gasteiger charge is -2.29. The van der Waals surface area contributed by atoms with Crippen molar-refractivity contribution in [2.45, 2.75) is 31.3 Å². The van der Waals surface area contributed by atoms with E-state index >= 15 is 0 Å². The Bertz CT molecular complexity index is 1220. The van der Waals surface area contributed by atoms with Crippen molar-refractivity contribution in [3.8, 4) is 5.75 Å². The van der Waals surface area contributed by atoms with Crippen LogP contribution in [0.5, 0.6) is 5.75 Å². The largest absolute Gasteiger partial charge is 0.495 e. The van der Waals surface area contributed by atoms with Gasteiger partial charge in [0.05, 0.1) is 44.2 Å². The van der Waals surface area contributed by atoms with Crippen LogP contribution in [0, 0.1) is 17.8 Å². The number of carbonyl (C=O) groups is 1. The second kappa shape index (κ2) is 12.1. The standard InChI is InChI=1S/C28H37ClN6O4/c1-37-14-20(15-38-2)35-8-6-16-11-22(23(39-3)12-17(16)7-9-35)32-28-31-13-21(29)27(34-28)33-25-19-5-4-18(10-19)24(25)26(30)36/h4-5,11-13,18-20,24-25H,6-10,14-15H2,1-3H3,(H2,30,36)(H2,31,32,33,34)/t18-,19+,24+,25-/m1/s1. The molecule has 1 aliphatic heterocycles. The first-order chi connectivity index (χ1) is 18.9. The number of nitrogens with zero attached hydrogens (tertiary/aromatic N) is 3. The molecule has 1 aromatic carbocycles. The normalized spacial score (nSPS) is 24.0. The fraction of sp³-hybridized carbons (Fsp3) is 0.536. The predicted octanol–water partition coefficient (Wildman–Crippen LogP) is 3.03. The van der Waals surface area contributed by atoms with Crippen LogP contribution in [0.2, 0.25) is 5.02 Å². The van der Waals surface area contributed by atoms with Crippen molar-refractivity contribution in [3.63, 3.8) is 0 Å². The van der Waals surface area contributed by atoms with E-state index in [2.05, 4.69) is 49.8 Å². The number of halogens is 1. The number of anilines is 3. The molecule has 4 N–H and O–H groups in total. The smallest absolute Gasteiger partial charge is 0.229 e. The first-order valence-electron chi connectivity index (χ1n) is 13.4. The molecule has 1 aromatic heterocycles. The van der Waals surface area contributed by atoms with E-state index in [1.807, 2.05) is 0 Å². The molecule has 210 valence electrons. The molecule has 0 radical (unpaired) electrons. The molecule has 39 heavy (non-hydrogen) atoms. The minimum Gasteiger partial charge on any atom is -0.495 e. The van der Waals surface area contributed by atoms with Crippen LogP contribution in [0.3, 0.4) is 0 Å². The first kappa shape index (κ1) is 27.6. The van der Waals surface area contributed by atoms with Gasteiger partial charge in [0.15, 0.2) is 5.82 Å². The summed E-state index contributed by atoms with van der Waals surface area (Å²) in [7, 11) is 5.11. The molecule has 2 bridgehead atoms. The van der Waals surface area contributed by atoms with Crippen LogP contribution in [-0.4, -0.2) is 80.5 Å². The van der Waals surface area contributed by atoms with Gasteiger partial charge in [0.2, 0.25) is 11.9 Å². The van der Waals surface area contributed by atoms with E-state index in [0.29, 0.717) is 35.8 Å². The number of benzene rings is 1. The fourth-order valence-electron chi connectivity index (χ4n) is 6.26. The molecule has 2 aromatic rings. The monoisotopic (exact) mass is 556 g/mol. The maximum Gasteiger partial charge on any atom is 0.229 e. The van der Waals surface area contributed by atoms with Gasteiger partial charge >= 0.3 is 0 Å². The Labute approximate surface area is 234 Å². The Morgan fingerprint density at radius 2 is 1.82 bits per heavy atom. The third-order valence-electron chi connectivity index (χ3n) is 8.17. The highest BCUT2D eigenvalue weighted by molar-refractivity contribution is 6.32. The highest BCUT2D eigenvalue weighted by Crippen LogP contribution is 2.45. The predicted molar refractivity (Wildman–Crippen MR) is 151 cm³/mol. The van der Waals surface area contributed by atoms with Crippen molar-refractivity contribution < 1.29 is 19.0 Å². The summed E-state index contributed by atoms with van der Waals surface area (Å²) in [4.78, 5) is 23.6. The summed E-state index contributed by atoms with van der Waals surface area (Å²) in [5.41, 5.74) is 9.02. The van der Waals surface area contributed by atoms with Crippen LogP contribution in [0.25, 0.3) is 0 Å². The zero-order valence-electron chi connectivity index (χ0n) is 22.7. The minimum absolute atomic E-state index is 0.150. The number of carbonyl (C=O) groups excluding carboxylic acids is 1. The lowest BCUT2D eigenvalue weighted by atomic mass is 9.88. The van der Waals surface area contributed by atoms with E-state index < -0.39 is 0 Å². The molecule has 4 atom stereocenters. The molecule has 5 rings (SSSR count). The van der Waals surface area contributed by atoms with E-state index in [1.165, 1.54) is 11.1 Å². The Kier molecular flexibility index (Phi) is 8.56. The van der Waals surface area contributed by atoms with Crippen LogP contribution in [-0.2, 0) is 27.1 Å². The number of aromatic nitrogens is 2. The van der Waals surface area contributed by atoms with Gasteiger partial charge in [-0.15, -0.1) is 0 Å². The average molecular weight is 557 g/mol. The van der Waals surface area contributed by atoms with Crippen molar-refractivity contribution in [1.29, 1.82) is 0 Å². The summed E-state index contributed by atoms with van der Waals surface area (Å²) < 4.78 is 16.6. The molecular weight excluding hydrogens is 520 g/mol. The van der Waals surface area contributed by atoms with E-state index in [-0.39, 0.29) is 35.7 Å². The summed E-state index contributed by atoms with van der Waals surface area (Å²) in [6.45, 7) is 3.08. The second-order valence-corrected chi connectivity index (χ2v) is 10.9. The van der Waals surface area contributed by atoms with E-state index in [4.69, 9.17) is 31.5 Å². The van der Waals surface area contributed by atoms with Crippen LogP contribution >= 0.6 is 11.6 Å². The van der Waals surface area contributed by atoms with Gasteiger partial charge in [-0.1, -0.05) is 23.8 Å². The molecule has 2 heterocycles. The molecular formula is C28H37ClN6O4. The zero-order valence-corrected chi connectivity index (χ0v) is 23.4. The van der Waals surface area contributed by atoms with E-state index in [0.717, 1.165) is 38.0 Å². The van der Waals surface area contributed by atoms with Crippen molar-refractivity contribution >= 4 is 35.0 Å². The van der Waals surface area contributed by atoms with E-state index in [9.17, 15) is 4.79 Å². The molecule has 10 nitrogen and oxygen atoms in total. The topological polar surface area (TPSA) is 124 Å². The highest BCUT2D eigenvalue weighted by atomic mass is 35.5. The Morgan fingerprint density at radius 1 is 1.13 bits per heavy atom. The summed E-state index contributed by atoms with van der Waals surface area (Å²) in [5, 5.41) is 7.09. The Morgan fingerprint density at radius 3 is 2.49 bits per heavy atom. The van der Waals surface area contributed by atoms with Crippen molar-refractivity contribution in [3.05, 3.63) is 46.6 Å². The van der Waals surface area contributed by atoms with Gasteiger partial charge in [-0.3, -0.25) is 9.69 Å². The molecule has 3 aliphatic rings. The number of rotatable bonds is 11. The zero-order chi connectivity index (χ0) is 27.5. The number of fused-ring (bicyclic) bond motifs is 3. The van der Waals surface area contributed by atoms with Crippen molar-refractivity contribution in [1.82, 2.24) is 14.9 Å². The van der Waals surface area contributed by atoms with Crippen LogP contribution < -0.4 is 21.1 Å². The molecule has 11 heteroatoms. The Hall–Kier alpha value is -2.92. The highest BCUT2D eigenvalue weighted by Gasteiger charge is 2.47. The molecule has 2 aliphatic carbocycles. The quantitative estimate of drug-likeness (QED) is 0.358. The number of hydrogen-bond acceptors (Lipinski definition) is 9. The number of ether oxygens (including phenoxy) is 3. The number of nitrogens with two attached hydrogens (primary N) is 1. The molecule has 0 saturated heterocycles. The van der Waals surface area contributed by atoms with Crippen LogP contribution in [0.15, 0.2) is 30.5 Å². The van der Waals surface area contributed by atoms with Gasteiger partial charge in [-0.25, -0.2) is 4.98 Å². The average Bonchev–Trinajstić information content (AvgIpc) is 3.46. The van der Waals surface area contributed by atoms with Gasteiger partial charge in [-0.2, -0.15) is 4.98 Å². The molecule has 1 saturated carbocycles. The number of nitrogens with one attached hydrogen (secondary N) is 2. The summed E-state index contributed by atoms with van der Waals surface area (Å²) in [6.07, 6.45) is 8.48. The third-order valence-corrected chi connectivity index (χ3v) is 8.45. The summed E-state index contributed by atoms with van der Waals surface area (Å²) in [6, 6.07) is 4.27. The van der Waals surface area contributed by atoms with Gasteiger partial charge < -0.3 is 30.6 Å². The summed E-state index contributed by atoms with van der Waals surface area (Å²) >= 11 is 6.47.